The van der Waals surface area contributed by atoms with Crippen LogP contribution in [-0.4, -0.2) is 109 Å². The molecule has 15 heteroatoms. The van der Waals surface area contributed by atoms with Crippen LogP contribution in [0.1, 0.15) is 54.4 Å². The highest BCUT2D eigenvalue weighted by Gasteiger charge is 2.67. The summed E-state index contributed by atoms with van der Waals surface area (Å²) in [5, 5.41) is 71.8. The number of carbonyl (C=O) groups is 5. The largest absolute Gasteiger partial charge is 0.510 e. The Morgan fingerprint density at radius 3 is 2.33 bits per heavy atom. The van der Waals surface area contributed by atoms with Crippen LogP contribution in [0.5, 0.6) is 5.75 Å². The highest BCUT2D eigenvalue weighted by molar-refractivity contribution is 6.25. The zero-order valence-corrected chi connectivity index (χ0v) is 24.8. The first-order valence-corrected chi connectivity index (χ1v) is 14.5. The molecule has 5 rings (SSSR count). The van der Waals surface area contributed by atoms with Gasteiger partial charge >= 0.3 is 5.97 Å². The van der Waals surface area contributed by atoms with Crippen molar-refractivity contribution in [3.63, 3.8) is 0 Å². The van der Waals surface area contributed by atoms with E-state index in [1.807, 2.05) is 0 Å². The number of nitrogens with zero attached hydrogens (tertiary/aromatic N) is 1. The van der Waals surface area contributed by atoms with Crippen LogP contribution in [0.2, 0.25) is 0 Å². The third kappa shape index (κ3) is 4.95. The number of aliphatic hydroxyl groups is 4. The topological polar surface area (TPSA) is 260 Å². The predicted octanol–water partition coefficient (Wildman–Crippen LogP) is -0.424. The number of fused-ring (bicyclic) bond motifs is 3. The smallest absolute Gasteiger partial charge is 0.303 e. The van der Waals surface area contributed by atoms with Gasteiger partial charge in [-0.15, -0.1) is 0 Å². The van der Waals surface area contributed by atoms with Gasteiger partial charge in [-0.3, -0.25) is 28.9 Å². The summed E-state index contributed by atoms with van der Waals surface area (Å²) in [7, 11) is 2.90. The predicted molar refractivity (Wildman–Crippen MR) is 155 cm³/mol. The number of likely N-dealkylation sites (N-methyl/N-ethyl adjacent to an activating group) is 1. The number of anilines is 1. The van der Waals surface area contributed by atoms with Crippen molar-refractivity contribution in [3.05, 3.63) is 45.9 Å². The van der Waals surface area contributed by atoms with Crippen molar-refractivity contribution in [2.24, 2.45) is 17.6 Å². The van der Waals surface area contributed by atoms with E-state index in [-0.39, 0.29) is 35.7 Å². The van der Waals surface area contributed by atoms with Crippen LogP contribution < -0.4 is 16.4 Å². The van der Waals surface area contributed by atoms with E-state index in [1.165, 1.54) is 31.1 Å². The normalized spacial score (nSPS) is 30.0. The molecule has 10 N–H and O–H groups in total. The van der Waals surface area contributed by atoms with Crippen LogP contribution in [0.25, 0.3) is 0 Å². The molecule has 0 bridgehead atoms. The number of nitrogens with one attached hydrogen (secondary N) is 2. The summed E-state index contributed by atoms with van der Waals surface area (Å²) in [6.07, 6.45) is -0.409. The Kier molecular flexibility index (Phi) is 8.02. The summed E-state index contributed by atoms with van der Waals surface area (Å²) in [6.45, 7) is 1.59. The summed E-state index contributed by atoms with van der Waals surface area (Å²) < 4.78 is 0. The van der Waals surface area contributed by atoms with Gasteiger partial charge in [0, 0.05) is 24.0 Å². The van der Waals surface area contributed by atoms with E-state index in [4.69, 9.17) is 10.8 Å². The van der Waals surface area contributed by atoms with E-state index in [0.717, 1.165) is 12.8 Å². The van der Waals surface area contributed by atoms with E-state index < -0.39 is 99.3 Å². The molecule has 0 radical (unpaired) electrons. The standard InChI is InChI=1S/C30H36N4O11/c1-10-12-6-7-13(33-29(44)14(8-9-15(35)36)32-11-4-5-11)22(37)17(12)23(38)18-16(10)24(39)20-21(34(2)3)25(40)19(28(31)43)27(42)30(20,45)26(18)41/h6-7,10-11,14,16,20-21,24,32,37,39-41,45H,4-5,8-9H2,1-3H3,(H2,31,43)(H,33,44)(H,35,36)/t10?,14-,16?,20?,21?,24?,30?/m0/s1. The van der Waals surface area contributed by atoms with E-state index in [2.05, 4.69) is 10.6 Å². The number of Topliss-reactive ketones (excluding diaryl/α,β-unsaturated/α-hetero) is 2. The number of carboxylic acids is 1. The van der Waals surface area contributed by atoms with Gasteiger partial charge < -0.3 is 47.0 Å². The van der Waals surface area contributed by atoms with Gasteiger partial charge in [0.15, 0.2) is 17.1 Å². The third-order valence-electron chi connectivity index (χ3n) is 9.37. The Labute approximate surface area is 257 Å². The maximum absolute atomic E-state index is 14.0. The fourth-order valence-electron chi connectivity index (χ4n) is 7.04. The lowest BCUT2D eigenvalue weighted by Crippen LogP contribution is -2.68. The van der Waals surface area contributed by atoms with Crippen LogP contribution in [0.3, 0.4) is 0 Å². The molecule has 0 saturated heterocycles. The van der Waals surface area contributed by atoms with E-state index in [0.29, 0.717) is 0 Å². The molecular formula is C30H36N4O11. The minimum Gasteiger partial charge on any atom is -0.510 e. The second-order valence-corrected chi connectivity index (χ2v) is 12.4. The first kappa shape index (κ1) is 32.1. The van der Waals surface area contributed by atoms with Crippen molar-refractivity contribution in [1.29, 1.82) is 0 Å². The monoisotopic (exact) mass is 628 g/mol. The average Bonchev–Trinajstić information content (AvgIpc) is 3.78. The number of hydrogen-bond donors (Lipinski definition) is 9. The highest BCUT2D eigenvalue weighted by Crippen LogP contribution is 2.56. The van der Waals surface area contributed by atoms with Gasteiger partial charge in [-0.2, -0.15) is 0 Å². The summed E-state index contributed by atoms with van der Waals surface area (Å²) in [6, 6.07) is 0.576. The molecule has 0 aromatic heterocycles. The number of carboxylic acid groups (broad SMARTS) is 1. The second kappa shape index (κ2) is 11.2. The number of aromatic hydroxyl groups is 1. The SMILES string of the molecule is CC1c2ccc(NC(=O)[C@H](CCC(=O)O)NC3CC3)c(O)c2C(=O)C2=C(O)C3(O)C(=O)C(C(N)=O)=C(O)C(N(C)C)C3C(O)C21. The zero-order chi connectivity index (χ0) is 33.3. The van der Waals surface area contributed by atoms with Crippen LogP contribution in [0.15, 0.2) is 34.8 Å². The average molecular weight is 629 g/mol. The number of ketones is 2. The molecule has 4 aliphatic rings. The van der Waals surface area contributed by atoms with Gasteiger partial charge in [-0.1, -0.05) is 13.0 Å². The lowest BCUT2D eigenvalue weighted by atomic mass is 9.55. The Bertz CT molecular complexity index is 1580. The third-order valence-corrected chi connectivity index (χ3v) is 9.37. The molecule has 7 atom stereocenters. The summed E-state index contributed by atoms with van der Waals surface area (Å²) in [5.74, 6) is -12.0. The molecule has 242 valence electrons. The molecule has 1 aromatic carbocycles. The molecule has 6 unspecified atom stereocenters. The number of amides is 2. The molecule has 4 aliphatic carbocycles. The van der Waals surface area contributed by atoms with Gasteiger partial charge in [-0.25, -0.2) is 0 Å². The Hall–Kier alpha value is -4.31. The fourth-order valence-corrected chi connectivity index (χ4v) is 7.04. The molecule has 1 fully saturated rings. The molecule has 45 heavy (non-hydrogen) atoms. The Morgan fingerprint density at radius 2 is 1.78 bits per heavy atom. The number of primary amides is 1. The van der Waals surface area contributed by atoms with Gasteiger partial charge in [0.05, 0.1) is 35.4 Å². The molecular weight excluding hydrogens is 592 g/mol. The first-order valence-electron chi connectivity index (χ1n) is 14.5. The minimum absolute atomic E-state index is 0.0291. The first-order chi connectivity index (χ1) is 21.0. The summed E-state index contributed by atoms with van der Waals surface area (Å²) in [4.78, 5) is 65.3. The van der Waals surface area contributed by atoms with Gasteiger partial charge in [0.25, 0.3) is 5.91 Å². The van der Waals surface area contributed by atoms with Crippen molar-refractivity contribution in [3.8, 4) is 5.75 Å². The molecule has 0 heterocycles. The number of nitrogens with two attached hydrogens (primary N) is 1. The van der Waals surface area contributed by atoms with Gasteiger partial charge in [0.1, 0.15) is 17.1 Å². The summed E-state index contributed by atoms with van der Waals surface area (Å²) >= 11 is 0. The number of hydrogen-bond acceptors (Lipinski definition) is 12. The lowest BCUT2D eigenvalue weighted by Gasteiger charge is -2.53. The molecule has 15 nitrogen and oxygen atoms in total. The number of phenols is 1. The van der Waals surface area contributed by atoms with E-state index in [1.54, 1.807) is 6.92 Å². The lowest BCUT2D eigenvalue weighted by molar-refractivity contribution is -0.162. The number of phenolic OH excluding ortho intramolecular Hbond substituents is 1. The number of rotatable bonds is 9. The Morgan fingerprint density at radius 1 is 1.13 bits per heavy atom. The molecule has 0 spiro atoms. The van der Waals surface area contributed by atoms with E-state index in [9.17, 15) is 49.5 Å². The van der Waals surface area contributed by atoms with Crippen LogP contribution >= 0.6 is 0 Å². The second-order valence-electron chi connectivity index (χ2n) is 12.4. The summed E-state index contributed by atoms with van der Waals surface area (Å²) in [5.41, 5.74) is 0.420. The van der Waals surface area contributed by atoms with Crippen molar-refractivity contribution in [1.82, 2.24) is 10.2 Å². The Balaban J connectivity index is 1.58. The molecule has 1 aromatic rings. The van der Waals surface area contributed by atoms with Crippen LogP contribution in [0, 0.1) is 11.8 Å². The minimum atomic E-state index is -3.04. The van der Waals surface area contributed by atoms with Crippen molar-refractivity contribution in [2.75, 3.05) is 19.4 Å². The quantitative estimate of drug-likeness (QED) is 0.124. The van der Waals surface area contributed by atoms with Crippen molar-refractivity contribution >= 4 is 35.0 Å². The van der Waals surface area contributed by atoms with E-state index >= 15 is 0 Å². The molecule has 1 saturated carbocycles. The molecule has 2 amide bonds. The number of aliphatic hydroxyl groups excluding tert-OH is 3. The zero-order valence-electron chi connectivity index (χ0n) is 24.8. The fraction of sp³-hybridized carbons (Fsp3) is 0.500. The molecule has 0 aliphatic heterocycles. The van der Waals surface area contributed by atoms with Crippen LogP contribution in [0.4, 0.5) is 5.69 Å². The highest BCUT2D eigenvalue weighted by atomic mass is 16.4. The van der Waals surface area contributed by atoms with Crippen molar-refractivity contribution in [2.45, 2.75) is 68.4 Å². The van der Waals surface area contributed by atoms with Gasteiger partial charge in [-0.05, 0) is 50.9 Å². The van der Waals surface area contributed by atoms with Crippen molar-refractivity contribution < 1.29 is 54.6 Å². The van der Waals surface area contributed by atoms with Crippen LogP contribution in [-0.2, 0) is 19.2 Å². The van der Waals surface area contributed by atoms with Gasteiger partial charge in [0.2, 0.25) is 11.7 Å². The number of benzene rings is 1. The maximum atomic E-state index is 14.0. The number of carbonyl (C=O) groups excluding carboxylic acids is 4. The maximum Gasteiger partial charge on any atom is 0.303 e. The number of aliphatic carboxylic acids is 1.